The van der Waals surface area contributed by atoms with Gasteiger partial charge < -0.3 is 9.42 Å². The van der Waals surface area contributed by atoms with Gasteiger partial charge in [0.15, 0.2) is 0 Å². The number of anilines is 2. The molecule has 6 nitrogen and oxygen atoms in total. The highest BCUT2D eigenvalue weighted by Crippen LogP contribution is 2.23. The molecule has 1 aromatic carbocycles. The predicted molar refractivity (Wildman–Crippen MR) is 106 cm³/mol. The van der Waals surface area contributed by atoms with E-state index in [1.165, 1.54) is 5.56 Å². The summed E-state index contributed by atoms with van der Waals surface area (Å²) >= 11 is 0. The summed E-state index contributed by atoms with van der Waals surface area (Å²) in [4.78, 5) is 16.5. The molecule has 1 N–H and O–H groups in total. The van der Waals surface area contributed by atoms with Gasteiger partial charge in [-0.3, -0.25) is 15.0 Å². The molecule has 0 aliphatic carbocycles. The molecule has 0 fully saturated rings. The summed E-state index contributed by atoms with van der Waals surface area (Å²) in [5.74, 6) is 0.291. The molecule has 6 heteroatoms. The minimum Gasteiger partial charge on any atom is -0.378 e. The van der Waals surface area contributed by atoms with Gasteiger partial charge in [0.1, 0.15) is 0 Å². The first-order chi connectivity index (χ1) is 12.2. The number of hydrogen-bond acceptors (Lipinski definition) is 5. The SMILES string of the molecule is CCN(CC(=O)Nc1cc(C(C)(C)C)no1)Cc1ccc(N(C)C)cc1. The number of carbonyl (C=O) groups excluding carboxylic acids is 1. The van der Waals surface area contributed by atoms with Gasteiger partial charge in [0, 0.05) is 37.8 Å². The van der Waals surface area contributed by atoms with Crippen LogP contribution in [0.3, 0.4) is 0 Å². The van der Waals surface area contributed by atoms with E-state index >= 15 is 0 Å². The molecule has 0 saturated carbocycles. The second-order valence-corrected chi connectivity index (χ2v) is 7.74. The summed E-state index contributed by atoms with van der Waals surface area (Å²) in [6.45, 7) is 10.0. The van der Waals surface area contributed by atoms with E-state index in [4.69, 9.17) is 4.52 Å². The molecule has 0 saturated heterocycles. The minimum absolute atomic E-state index is 0.103. The van der Waals surface area contributed by atoms with Crippen molar-refractivity contribution in [3.8, 4) is 0 Å². The highest BCUT2D eigenvalue weighted by Gasteiger charge is 2.20. The third-order valence-electron chi connectivity index (χ3n) is 4.21. The third-order valence-corrected chi connectivity index (χ3v) is 4.21. The molecular weight excluding hydrogens is 328 g/mol. The van der Waals surface area contributed by atoms with Crippen molar-refractivity contribution in [3.05, 3.63) is 41.6 Å². The van der Waals surface area contributed by atoms with E-state index < -0.39 is 0 Å². The van der Waals surface area contributed by atoms with Crippen molar-refractivity contribution >= 4 is 17.5 Å². The number of carbonyl (C=O) groups is 1. The van der Waals surface area contributed by atoms with E-state index in [0.717, 1.165) is 24.5 Å². The van der Waals surface area contributed by atoms with E-state index in [9.17, 15) is 4.79 Å². The summed E-state index contributed by atoms with van der Waals surface area (Å²) in [6.07, 6.45) is 0. The molecule has 1 aromatic heterocycles. The van der Waals surface area contributed by atoms with Crippen LogP contribution in [0.1, 0.15) is 39.0 Å². The lowest BCUT2D eigenvalue weighted by atomic mass is 9.92. The first-order valence-corrected chi connectivity index (χ1v) is 8.94. The van der Waals surface area contributed by atoms with Gasteiger partial charge >= 0.3 is 0 Å². The molecule has 0 radical (unpaired) electrons. The predicted octanol–water partition coefficient (Wildman–Crippen LogP) is 3.50. The minimum atomic E-state index is -0.110. The highest BCUT2D eigenvalue weighted by atomic mass is 16.5. The van der Waals surface area contributed by atoms with E-state index in [1.54, 1.807) is 6.07 Å². The maximum Gasteiger partial charge on any atom is 0.240 e. The lowest BCUT2D eigenvalue weighted by Gasteiger charge is -2.20. The molecular formula is C20H30N4O2. The zero-order chi connectivity index (χ0) is 19.3. The molecule has 2 aromatic rings. The quantitative estimate of drug-likeness (QED) is 0.821. The van der Waals surface area contributed by atoms with E-state index in [-0.39, 0.29) is 11.3 Å². The Bertz CT molecular complexity index is 714. The smallest absolute Gasteiger partial charge is 0.240 e. The number of benzene rings is 1. The molecule has 1 amide bonds. The number of aromatic nitrogens is 1. The zero-order valence-corrected chi connectivity index (χ0v) is 16.7. The lowest BCUT2D eigenvalue weighted by Crippen LogP contribution is -2.32. The van der Waals surface area contributed by atoms with Gasteiger partial charge in [-0.2, -0.15) is 0 Å². The average molecular weight is 358 g/mol. The van der Waals surface area contributed by atoms with Crippen LogP contribution in [0.15, 0.2) is 34.9 Å². The Morgan fingerprint density at radius 2 is 1.85 bits per heavy atom. The van der Waals surface area contributed by atoms with Crippen LogP contribution in [0.25, 0.3) is 0 Å². The van der Waals surface area contributed by atoms with Crippen LogP contribution in [-0.2, 0) is 16.8 Å². The van der Waals surface area contributed by atoms with Crippen LogP contribution >= 0.6 is 0 Å². The number of likely N-dealkylation sites (N-methyl/N-ethyl adjacent to an activating group) is 1. The second-order valence-electron chi connectivity index (χ2n) is 7.74. The Morgan fingerprint density at radius 3 is 2.35 bits per heavy atom. The first-order valence-electron chi connectivity index (χ1n) is 8.94. The van der Waals surface area contributed by atoms with Gasteiger partial charge in [0.05, 0.1) is 12.2 Å². The van der Waals surface area contributed by atoms with Crippen molar-refractivity contribution in [1.82, 2.24) is 10.1 Å². The Hall–Kier alpha value is -2.34. The maximum absolute atomic E-state index is 12.3. The Morgan fingerprint density at radius 1 is 1.19 bits per heavy atom. The number of hydrogen-bond donors (Lipinski definition) is 1. The molecule has 142 valence electrons. The van der Waals surface area contributed by atoms with Gasteiger partial charge in [-0.1, -0.05) is 45.0 Å². The Balaban J connectivity index is 1.92. The zero-order valence-electron chi connectivity index (χ0n) is 16.7. The van der Waals surface area contributed by atoms with Gasteiger partial charge in [0.25, 0.3) is 0 Å². The largest absolute Gasteiger partial charge is 0.378 e. The fourth-order valence-corrected chi connectivity index (χ4v) is 2.50. The molecule has 2 rings (SSSR count). The highest BCUT2D eigenvalue weighted by molar-refractivity contribution is 5.91. The van der Waals surface area contributed by atoms with Crippen LogP contribution < -0.4 is 10.2 Å². The van der Waals surface area contributed by atoms with Gasteiger partial charge in [-0.05, 0) is 24.2 Å². The molecule has 0 atom stereocenters. The molecule has 0 aliphatic heterocycles. The molecule has 26 heavy (non-hydrogen) atoms. The summed E-state index contributed by atoms with van der Waals surface area (Å²) < 4.78 is 5.23. The van der Waals surface area contributed by atoms with Crippen molar-refractivity contribution in [2.75, 3.05) is 37.4 Å². The van der Waals surface area contributed by atoms with Crippen LogP contribution in [0.5, 0.6) is 0 Å². The van der Waals surface area contributed by atoms with Crippen molar-refractivity contribution in [2.24, 2.45) is 0 Å². The Labute approximate surface area is 156 Å². The normalized spacial score (nSPS) is 11.7. The van der Waals surface area contributed by atoms with E-state index in [0.29, 0.717) is 12.4 Å². The van der Waals surface area contributed by atoms with E-state index in [1.807, 2.05) is 21.0 Å². The van der Waals surface area contributed by atoms with E-state index in [2.05, 4.69) is 65.3 Å². The second kappa shape index (κ2) is 8.36. The van der Waals surface area contributed by atoms with Crippen molar-refractivity contribution in [1.29, 1.82) is 0 Å². The summed E-state index contributed by atoms with van der Waals surface area (Å²) in [5.41, 5.74) is 3.05. The lowest BCUT2D eigenvalue weighted by molar-refractivity contribution is -0.117. The number of nitrogens with zero attached hydrogens (tertiary/aromatic N) is 3. The molecule has 0 unspecified atom stereocenters. The molecule has 1 heterocycles. The average Bonchev–Trinajstić information content (AvgIpc) is 3.03. The fourth-order valence-electron chi connectivity index (χ4n) is 2.50. The third kappa shape index (κ3) is 5.59. The van der Waals surface area contributed by atoms with Crippen molar-refractivity contribution < 1.29 is 9.32 Å². The van der Waals surface area contributed by atoms with Crippen LogP contribution in [-0.4, -0.2) is 43.1 Å². The number of nitrogens with one attached hydrogen (secondary N) is 1. The summed E-state index contributed by atoms with van der Waals surface area (Å²) in [6, 6.07) is 10.2. The van der Waals surface area contributed by atoms with Crippen molar-refractivity contribution in [2.45, 2.75) is 39.7 Å². The molecule has 0 aliphatic rings. The van der Waals surface area contributed by atoms with Gasteiger partial charge in [-0.25, -0.2) is 0 Å². The molecule has 0 bridgehead atoms. The monoisotopic (exact) mass is 358 g/mol. The van der Waals surface area contributed by atoms with Gasteiger partial charge in [0.2, 0.25) is 11.8 Å². The van der Waals surface area contributed by atoms with Gasteiger partial charge in [-0.15, -0.1) is 0 Å². The number of amides is 1. The molecule has 0 spiro atoms. The van der Waals surface area contributed by atoms with Crippen LogP contribution in [0.4, 0.5) is 11.6 Å². The first kappa shape index (κ1) is 20.0. The van der Waals surface area contributed by atoms with Crippen LogP contribution in [0.2, 0.25) is 0 Å². The topological polar surface area (TPSA) is 61.6 Å². The maximum atomic E-state index is 12.3. The van der Waals surface area contributed by atoms with Crippen LogP contribution in [0, 0.1) is 0 Å². The fraction of sp³-hybridized carbons (Fsp3) is 0.500. The number of rotatable bonds is 7. The van der Waals surface area contributed by atoms with Crippen molar-refractivity contribution in [3.63, 3.8) is 0 Å². The summed E-state index contributed by atoms with van der Waals surface area (Å²) in [7, 11) is 4.04. The standard InChI is InChI=1S/C20H30N4O2/c1-7-24(13-15-8-10-16(11-9-15)23(5)6)14-18(25)21-19-12-17(22-26-19)20(2,3)4/h8-12H,7,13-14H2,1-6H3,(H,21,25). The Kier molecular flexibility index (Phi) is 6.42. The summed E-state index contributed by atoms with van der Waals surface area (Å²) in [5, 5.41) is 6.82.